The minimum absolute atomic E-state index is 0.0241. The summed E-state index contributed by atoms with van der Waals surface area (Å²) in [6, 6.07) is 9.22. The van der Waals surface area contributed by atoms with Gasteiger partial charge in [-0.05, 0) is 25.3 Å². The molecule has 0 heterocycles. The van der Waals surface area contributed by atoms with Gasteiger partial charge in [-0.2, -0.15) is 0 Å². The molecule has 2 unspecified atom stereocenters. The zero-order valence-corrected chi connectivity index (χ0v) is 12.8. The summed E-state index contributed by atoms with van der Waals surface area (Å²) in [5, 5.41) is 0. The number of carbonyl (C=O) groups excluding carboxylic acids is 1. The van der Waals surface area contributed by atoms with Crippen molar-refractivity contribution >= 4 is 5.97 Å². The Bertz CT molecular complexity index is 419. The van der Waals surface area contributed by atoms with Crippen molar-refractivity contribution in [2.24, 2.45) is 11.7 Å². The standard InChI is InChI=1S/C16H25NO3/c1-5-19-15(18)16(17,11-20-13(4)12(2)3)14-9-7-6-8-10-14/h6-10,12-13H,5,11,17H2,1-4H3. The highest BCUT2D eigenvalue weighted by Gasteiger charge is 2.38. The Morgan fingerprint density at radius 2 is 1.85 bits per heavy atom. The second-order valence-corrected chi connectivity index (χ2v) is 5.32. The Balaban J connectivity index is 2.93. The summed E-state index contributed by atoms with van der Waals surface area (Å²) in [6.07, 6.45) is 0.0241. The summed E-state index contributed by atoms with van der Waals surface area (Å²) in [7, 11) is 0. The number of carbonyl (C=O) groups is 1. The summed E-state index contributed by atoms with van der Waals surface area (Å²) in [5.74, 6) is -0.0978. The number of nitrogens with two attached hydrogens (primary N) is 1. The molecule has 0 bridgehead atoms. The molecule has 0 aliphatic carbocycles. The maximum atomic E-state index is 12.2. The molecule has 1 rings (SSSR count). The number of benzene rings is 1. The maximum absolute atomic E-state index is 12.2. The number of ether oxygens (including phenoxy) is 2. The lowest BCUT2D eigenvalue weighted by molar-refractivity contribution is -0.154. The molecule has 4 nitrogen and oxygen atoms in total. The van der Waals surface area contributed by atoms with Gasteiger partial charge in [0.25, 0.3) is 0 Å². The molecule has 0 radical (unpaired) electrons. The Kier molecular flexibility index (Phi) is 6.17. The highest BCUT2D eigenvalue weighted by molar-refractivity contribution is 5.82. The smallest absolute Gasteiger partial charge is 0.333 e. The minimum Gasteiger partial charge on any atom is -0.464 e. The van der Waals surface area contributed by atoms with E-state index in [1.165, 1.54) is 0 Å². The van der Waals surface area contributed by atoms with Crippen molar-refractivity contribution in [1.82, 2.24) is 0 Å². The third-order valence-corrected chi connectivity index (χ3v) is 3.44. The molecule has 112 valence electrons. The monoisotopic (exact) mass is 279 g/mol. The molecule has 0 saturated heterocycles. The third kappa shape index (κ3) is 4.05. The van der Waals surface area contributed by atoms with Crippen molar-refractivity contribution in [2.75, 3.05) is 13.2 Å². The summed E-state index contributed by atoms with van der Waals surface area (Å²) in [5.41, 5.74) is 5.74. The van der Waals surface area contributed by atoms with Gasteiger partial charge in [0.2, 0.25) is 0 Å². The highest BCUT2D eigenvalue weighted by atomic mass is 16.5. The van der Waals surface area contributed by atoms with Gasteiger partial charge in [-0.1, -0.05) is 44.2 Å². The summed E-state index contributed by atoms with van der Waals surface area (Å²) in [4.78, 5) is 12.2. The van der Waals surface area contributed by atoms with Crippen LogP contribution < -0.4 is 5.73 Å². The van der Waals surface area contributed by atoms with Crippen LogP contribution in [0.1, 0.15) is 33.3 Å². The molecular formula is C16H25NO3. The predicted molar refractivity (Wildman–Crippen MR) is 79.2 cm³/mol. The van der Waals surface area contributed by atoms with E-state index in [1.807, 2.05) is 37.3 Å². The van der Waals surface area contributed by atoms with Crippen molar-refractivity contribution < 1.29 is 14.3 Å². The van der Waals surface area contributed by atoms with Crippen LogP contribution in [-0.4, -0.2) is 25.3 Å². The molecular weight excluding hydrogens is 254 g/mol. The lowest BCUT2D eigenvalue weighted by Gasteiger charge is -2.29. The van der Waals surface area contributed by atoms with Gasteiger partial charge in [0.1, 0.15) is 0 Å². The molecule has 1 aromatic carbocycles. The Morgan fingerprint density at radius 3 is 2.35 bits per heavy atom. The molecule has 0 aliphatic rings. The Hall–Kier alpha value is -1.39. The average molecular weight is 279 g/mol. The van der Waals surface area contributed by atoms with Crippen LogP contribution in [0.5, 0.6) is 0 Å². The largest absolute Gasteiger partial charge is 0.464 e. The number of hydrogen-bond acceptors (Lipinski definition) is 4. The first-order valence-electron chi connectivity index (χ1n) is 7.05. The molecule has 0 saturated carbocycles. The van der Waals surface area contributed by atoms with Gasteiger partial charge >= 0.3 is 5.97 Å². The van der Waals surface area contributed by atoms with Gasteiger partial charge in [-0.3, -0.25) is 0 Å². The van der Waals surface area contributed by atoms with Gasteiger partial charge in [0.15, 0.2) is 5.54 Å². The summed E-state index contributed by atoms with van der Waals surface area (Å²) >= 11 is 0. The summed E-state index contributed by atoms with van der Waals surface area (Å²) < 4.78 is 10.9. The molecule has 0 aliphatic heterocycles. The zero-order chi connectivity index (χ0) is 15.2. The van der Waals surface area contributed by atoms with E-state index in [0.29, 0.717) is 18.1 Å². The van der Waals surface area contributed by atoms with Crippen LogP contribution in [0.4, 0.5) is 0 Å². The second-order valence-electron chi connectivity index (χ2n) is 5.32. The molecule has 0 aromatic heterocycles. The van der Waals surface area contributed by atoms with Gasteiger partial charge in [-0.25, -0.2) is 4.79 Å². The van der Waals surface area contributed by atoms with Crippen LogP contribution in [0.25, 0.3) is 0 Å². The first-order chi connectivity index (χ1) is 9.41. The van der Waals surface area contributed by atoms with Crippen LogP contribution in [0, 0.1) is 5.92 Å². The number of hydrogen-bond donors (Lipinski definition) is 1. The fraction of sp³-hybridized carbons (Fsp3) is 0.562. The molecule has 2 N–H and O–H groups in total. The number of rotatable bonds is 7. The van der Waals surface area contributed by atoms with Crippen molar-refractivity contribution in [3.8, 4) is 0 Å². The third-order valence-electron chi connectivity index (χ3n) is 3.44. The lowest BCUT2D eigenvalue weighted by atomic mass is 9.91. The van der Waals surface area contributed by atoms with E-state index in [0.717, 1.165) is 0 Å². The molecule has 0 fully saturated rings. The van der Waals surface area contributed by atoms with Crippen molar-refractivity contribution in [1.29, 1.82) is 0 Å². The quantitative estimate of drug-likeness (QED) is 0.779. The van der Waals surface area contributed by atoms with Gasteiger partial charge in [0, 0.05) is 0 Å². The van der Waals surface area contributed by atoms with Crippen LogP contribution >= 0.6 is 0 Å². The van der Waals surface area contributed by atoms with Gasteiger partial charge in [0.05, 0.1) is 19.3 Å². The molecule has 1 aromatic rings. The Labute approximate surface area is 121 Å². The molecule has 0 amide bonds. The minimum atomic E-state index is -1.26. The van der Waals surface area contributed by atoms with Gasteiger partial charge in [-0.15, -0.1) is 0 Å². The van der Waals surface area contributed by atoms with E-state index in [2.05, 4.69) is 13.8 Å². The predicted octanol–water partition coefficient (Wildman–Crippen LogP) is 2.46. The van der Waals surface area contributed by atoms with E-state index in [9.17, 15) is 4.79 Å². The molecule has 2 atom stereocenters. The fourth-order valence-electron chi connectivity index (χ4n) is 1.71. The first-order valence-corrected chi connectivity index (χ1v) is 7.05. The lowest BCUT2D eigenvalue weighted by Crippen LogP contribution is -2.50. The Morgan fingerprint density at radius 1 is 1.25 bits per heavy atom. The normalized spacial score (nSPS) is 15.7. The van der Waals surface area contributed by atoms with Gasteiger partial charge < -0.3 is 15.2 Å². The van der Waals surface area contributed by atoms with E-state index < -0.39 is 11.5 Å². The van der Waals surface area contributed by atoms with Crippen LogP contribution in [-0.2, 0) is 19.8 Å². The molecule has 20 heavy (non-hydrogen) atoms. The fourth-order valence-corrected chi connectivity index (χ4v) is 1.71. The SMILES string of the molecule is CCOC(=O)C(N)(COC(C)C(C)C)c1ccccc1. The van der Waals surface area contributed by atoms with Crippen LogP contribution in [0.2, 0.25) is 0 Å². The van der Waals surface area contributed by atoms with Crippen molar-refractivity contribution in [2.45, 2.75) is 39.3 Å². The van der Waals surface area contributed by atoms with E-state index in [4.69, 9.17) is 15.2 Å². The summed E-state index contributed by atoms with van der Waals surface area (Å²) in [6.45, 7) is 8.27. The van der Waals surface area contributed by atoms with Crippen LogP contribution in [0.3, 0.4) is 0 Å². The average Bonchev–Trinajstić information content (AvgIpc) is 2.45. The maximum Gasteiger partial charge on any atom is 0.333 e. The van der Waals surface area contributed by atoms with E-state index in [1.54, 1.807) is 6.92 Å². The van der Waals surface area contributed by atoms with Crippen molar-refractivity contribution in [3.63, 3.8) is 0 Å². The van der Waals surface area contributed by atoms with Crippen molar-refractivity contribution in [3.05, 3.63) is 35.9 Å². The highest BCUT2D eigenvalue weighted by Crippen LogP contribution is 2.22. The first kappa shape index (κ1) is 16.7. The second kappa shape index (κ2) is 7.41. The van der Waals surface area contributed by atoms with E-state index in [-0.39, 0.29) is 12.7 Å². The van der Waals surface area contributed by atoms with Crippen LogP contribution in [0.15, 0.2) is 30.3 Å². The topological polar surface area (TPSA) is 61.5 Å². The zero-order valence-electron chi connectivity index (χ0n) is 12.8. The molecule has 0 spiro atoms. The number of esters is 1. The molecule has 4 heteroatoms. The van der Waals surface area contributed by atoms with E-state index >= 15 is 0 Å².